The molecular weight excluding hydrogens is 395 g/mol. The number of urea groups is 1. The van der Waals surface area contributed by atoms with Crippen LogP contribution in [0.5, 0.6) is 5.88 Å². The van der Waals surface area contributed by atoms with Gasteiger partial charge in [0.15, 0.2) is 15.5 Å². The van der Waals surface area contributed by atoms with Gasteiger partial charge >= 0.3 is 12.2 Å². The highest BCUT2D eigenvalue weighted by molar-refractivity contribution is 7.22. The SMILES string of the molecule is COc1ncnc2sc(NC(=O)N3CCc4cc(C(F)(F)F)ccc4C3)nc12. The summed E-state index contributed by atoms with van der Waals surface area (Å²) >= 11 is 1.18. The number of carbonyl (C=O) groups is 1. The molecule has 3 heterocycles. The van der Waals surface area contributed by atoms with Crippen LogP contribution < -0.4 is 10.1 Å². The van der Waals surface area contributed by atoms with E-state index in [2.05, 4.69) is 20.3 Å². The maximum Gasteiger partial charge on any atom is 0.416 e. The predicted molar refractivity (Wildman–Crippen MR) is 96.3 cm³/mol. The number of aromatic nitrogens is 3. The molecular formula is C17H14F3N5O2S. The lowest BCUT2D eigenvalue weighted by atomic mass is 9.97. The number of rotatable bonds is 2. The van der Waals surface area contributed by atoms with Gasteiger partial charge in [-0.2, -0.15) is 18.2 Å². The van der Waals surface area contributed by atoms with Gasteiger partial charge in [-0.15, -0.1) is 0 Å². The first-order valence-electron chi connectivity index (χ1n) is 8.25. The molecule has 146 valence electrons. The Labute approximate surface area is 161 Å². The van der Waals surface area contributed by atoms with Crippen molar-refractivity contribution in [3.05, 3.63) is 41.2 Å². The lowest BCUT2D eigenvalue weighted by Gasteiger charge is -2.29. The van der Waals surface area contributed by atoms with Crippen LogP contribution in [0.4, 0.5) is 23.1 Å². The van der Waals surface area contributed by atoms with Gasteiger partial charge in [0.05, 0.1) is 12.7 Å². The average Bonchev–Trinajstić information content (AvgIpc) is 3.08. The van der Waals surface area contributed by atoms with Crippen LogP contribution in [0.2, 0.25) is 0 Å². The first-order chi connectivity index (χ1) is 13.3. The van der Waals surface area contributed by atoms with Gasteiger partial charge in [-0.3, -0.25) is 5.32 Å². The van der Waals surface area contributed by atoms with Crippen LogP contribution in [0.15, 0.2) is 24.5 Å². The molecule has 28 heavy (non-hydrogen) atoms. The second-order valence-corrected chi connectivity index (χ2v) is 7.12. The molecule has 2 amide bonds. The zero-order chi connectivity index (χ0) is 19.9. The van der Waals surface area contributed by atoms with Gasteiger partial charge in [0.25, 0.3) is 0 Å². The third-order valence-electron chi connectivity index (χ3n) is 4.40. The molecule has 11 heteroatoms. The standard InChI is InChI=1S/C17H14F3N5O2S/c1-27-13-12-14(22-8-21-13)28-15(23-12)24-16(26)25-5-4-9-6-11(17(18,19)20)3-2-10(9)7-25/h2-3,6,8H,4-5,7H2,1H3,(H,23,24,26). The van der Waals surface area contributed by atoms with E-state index >= 15 is 0 Å². The number of hydrogen-bond donors (Lipinski definition) is 1. The number of ether oxygens (including phenoxy) is 1. The summed E-state index contributed by atoms with van der Waals surface area (Å²) in [4.78, 5) is 27.0. The van der Waals surface area contributed by atoms with Crippen molar-refractivity contribution in [3.63, 3.8) is 0 Å². The fraction of sp³-hybridized carbons (Fsp3) is 0.294. The quantitative estimate of drug-likeness (QED) is 0.698. The number of thiazole rings is 1. The summed E-state index contributed by atoms with van der Waals surface area (Å²) < 4.78 is 43.7. The minimum Gasteiger partial charge on any atom is -0.479 e. The summed E-state index contributed by atoms with van der Waals surface area (Å²) in [6.45, 7) is 0.543. The van der Waals surface area contributed by atoms with Gasteiger partial charge in [0, 0.05) is 13.1 Å². The van der Waals surface area contributed by atoms with E-state index in [1.54, 1.807) is 0 Å². The molecule has 7 nitrogen and oxygen atoms in total. The molecule has 0 fully saturated rings. The fourth-order valence-corrected chi connectivity index (χ4v) is 3.80. The van der Waals surface area contributed by atoms with Gasteiger partial charge in [0.1, 0.15) is 6.33 Å². The summed E-state index contributed by atoms with van der Waals surface area (Å²) in [5, 5.41) is 3.05. The number of alkyl halides is 3. The molecule has 3 aromatic rings. The van der Waals surface area contributed by atoms with E-state index < -0.39 is 11.7 Å². The number of nitrogens with one attached hydrogen (secondary N) is 1. The van der Waals surface area contributed by atoms with Crippen molar-refractivity contribution in [2.45, 2.75) is 19.1 Å². The number of amides is 2. The van der Waals surface area contributed by atoms with Crippen LogP contribution in [-0.2, 0) is 19.1 Å². The molecule has 1 aliphatic rings. The highest BCUT2D eigenvalue weighted by Gasteiger charge is 2.32. The second-order valence-electron chi connectivity index (χ2n) is 6.14. The van der Waals surface area contributed by atoms with Crippen LogP contribution >= 0.6 is 11.3 Å². The van der Waals surface area contributed by atoms with Gasteiger partial charge in [0.2, 0.25) is 5.88 Å². The molecule has 0 atom stereocenters. The maximum atomic E-state index is 12.8. The summed E-state index contributed by atoms with van der Waals surface area (Å²) in [7, 11) is 1.47. The molecule has 0 spiro atoms. The van der Waals surface area contributed by atoms with Crippen molar-refractivity contribution in [2.24, 2.45) is 0 Å². The van der Waals surface area contributed by atoms with Gasteiger partial charge in [-0.05, 0) is 29.7 Å². The lowest BCUT2D eigenvalue weighted by Crippen LogP contribution is -2.39. The number of halogens is 3. The Morgan fingerprint density at radius 2 is 2.11 bits per heavy atom. The number of fused-ring (bicyclic) bond motifs is 2. The lowest BCUT2D eigenvalue weighted by molar-refractivity contribution is -0.137. The van der Waals surface area contributed by atoms with Gasteiger partial charge in [-0.1, -0.05) is 17.4 Å². The number of nitrogens with zero attached hydrogens (tertiary/aromatic N) is 4. The molecule has 4 rings (SSSR count). The van der Waals surface area contributed by atoms with Gasteiger partial charge in [-0.25, -0.2) is 14.8 Å². The first kappa shape index (κ1) is 18.4. The van der Waals surface area contributed by atoms with Crippen molar-refractivity contribution in [1.29, 1.82) is 0 Å². The Kier molecular flexibility index (Phi) is 4.53. The zero-order valence-corrected chi connectivity index (χ0v) is 15.4. The summed E-state index contributed by atoms with van der Waals surface area (Å²) in [5.41, 5.74) is 1.09. The Morgan fingerprint density at radius 3 is 2.86 bits per heavy atom. The third-order valence-corrected chi connectivity index (χ3v) is 5.28. The molecule has 1 aliphatic heterocycles. The van der Waals surface area contributed by atoms with Crippen molar-refractivity contribution in [2.75, 3.05) is 19.0 Å². The fourth-order valence-electron chi connectivity index (χ4n) is 3.01. The van der Waals surface area contributed by atoms with Crippen LogP contribution in [0.25, 0.3) is 10.3 Å². The van der Waals surface area contributed by atoms with Crippen molar-refractivity contribution >= 4 is 32.8 Å². The summed E-state index contributed by atoms with van der Waals surface area (Å²) in [6, 6.07) is 3.24. The van der Waals surface area contributed by atoms with Crippen molar-refractivity contribution < 1.29 is 22.7 Å². The minimum atomic E-state index is -4.37. The predicted octanol–water partition coefficient (Wildman–Crippen LogP) is 3.70. The molecule has 0 aliphatic carbocycles. The van der Waals surface area contributed by atoms with Crippen LogP contribution in [0, 0.1) is 0 Å². The Bertz CT molecular complexity index is 1050. The summed E-state index contributed by atoms with van der Waals surface area (Å²) in [6.07, 6.45) is -2.67. The largest absolute Gasteiger partial charge is 0.479 e. The van der Waals surface area contributed by atoms with E-state index in [9.17, 15) is 18.0 Å². The highest BCUT2D eigenvalue weighted by Crippen LogP contribution is 2.33. The first-order valence-corrected chi connectivity index (χ1v) is 9.07. The number of carbonyl (C=O) groups excluding carboxylic acids is 1. The van der Waals surface area contributed by atoms with E-state index in [0.29, 0.717) is 45.5 Å². The smallest absolute Gasteiger partial charge is 0.416 e. The molecule has 0 saturated heterocycles. The zero-order valence-electron chi connectivity index (χ0n) is 14.6. The average molecular weight is 409 g/mol. The molecule has 2 aromatic heterocycles. The van der Waals surface area contributed by atoms with Gasteiger partial charge < -0.3 is 9.64 Å². The number of hydrogen-bond acceptors (Lipinski definition) is 6. The molecule has 0 saturated carbocycles. The Hall–Kier alpha value is -2.95. The molecule has 0 unspecified atom stereocenters. The minimum absolute atomic E-state index is 0.229. The Balaban J connectivity index is 1.49. The number of anilines is 1. The second kappa shape index (κ2) is 6.89. The molecule has 1 N–H and O–H groups in total. The molecule has 0 bridgehead atoms. The summed E-state index contributed by atoms with van der Waals surface area (Å²) in [5.74, 6) is 0.314. The van der Waals surface area contributed by atoms with Crippen LogP contribution in [-0.4, -0.2) is 39.5 Å². The van der Waals surface area contributed by atoms with E-state index in [1.165, 1.54) is 35.7 Å². The van der Waals surface area contributed by atoms with E-state index in [-0.39, 0.29) is 12.6 Å². The van der Waals surface area contributed by atoms with E-state index in [0.717, 1.165) is 12.1 Å². The number of benzene rings is 1. The van der Waals surface area contributed by atoms with E-state index in [4.69, 9.17) is 4.74 Å². The number of methoxy groups -OCH3 is 1. The third kappa shape index (κ3) is 3.44. The Morgan fingerprint density at radius 1 is 1.29 bits per heavy atom. The monoisotopic (exact) mass is 409 g/mol. The molecule has 0 radical (unpaired) electrons. The maximum absolute atomic E-state index is 12.8. The van der Waals surface area contributed by atoms with E-state index in [1.807, 2.05) is 0 Å². The van der Waals surface area contributed by atoms with Crippen LogP contribution in [0.1, 0.15) is 16.7 Å². The van der Waals surface area contributed by atoms with Crippen LogP contribution in [0.3, 0.4) is 0 Å². The highest BCUT2D eigenvalue weighted by atomic mass is 32.1. The normalized spacial score (nSPS) is 14.1. The van der Waals surface area contributed by atoms with Crippen molar-refractivity contribution in [1.82, 2.24) is 19.9 Å². The van der Waals surface area contributed by atoms with Crippen molar-refractivity contribution in [3.8, 4) is 5.88 Å². The molecule has 1 aromatic carbocycles. The topological polar surface area (TPSA) is 80.2 Å².